The molecule has 0 bridgehead atoms. The van der Waals surface area contributed by atoms with Gasteiger partial charge < -0.3 is 24.8 Å². The Bertz CT molecular complexity index is 1090. The van der Waals surface area contributed by atoms with Gasteiger partial charge in [-0.2, -0.15) is 0 Å². The summed E-state index contributed by atoms with van der Waals surface area (Å²) >= 11 is 0. The van der Waals surface area contributed by atoms with Crippen molar-refractivity contribution in [1.82, 2.24) is 9.80 Å². The molecule has 3 aliphatic heterocycles. The van der Waals surface area contributed by atoms with Gasteiger partial charge in [-0.3, -0.25) is 14.5 Å². The predicted octanol–water partition coefficient (Wildman–Crippen LogP) is 1.27. The molecule has 9 heteroatoms. The van der Waals surface area contributed by atoms with E-state index in [2.05, 4.69) is 5.32 Å². The maximum absolute atomic E-state index is 14.4. The van der Waals surface area contributed by atoms with E-state index in [0.717, 1.165) is 0 Å². The zero-order valence-corrected chi connectivity index (χ0v) is 17.1. The third-order valence-electron chi connectivity index (χ3n) is 6.17. The van der Waals surface area contributed by atoms with Gasteiger partial charge in [-0.15, -0.1) is 0 Å². The highest BCUT2D eigenvalue weighted by atomic mass is 19.1. The number of likely N-dealkylation sites (N-methyl/N-ethyl adjacent to an activating group) is 1. The summed E-state index contributed by atoms with van der Waals surface area (Å²) < 4.78 is 25.7. The predicted molar refractivity (Wildman–Crippen MR) is 108 cm³/mol. The third kappa shape index (κ3) is 2.73. The number of halogens is 1. The Morgan fingerprint density at radius 2 is 2.06 bits per heavy atom. The molecule has 0 radical (unpaired) electrons. The lowest BCUT2D eigenvalue weighted by Crippen LogP contribution is -2.57. The molecule has 1 saturated heterocycles. The van der Waals surface area contributed by atoms with Gasteiger partial charge in [0.05, 0.1) is 12.1 Å². The van der Waals surface area contributed by atoms with Gasteiger partial charge in [-0.05, 0) is 30.7 Å². The van der Waals surface area contributed by atoms with Crippen LogP contribution in [0.2, 0.25) is 0 Å². The third-order valence-corrected chi connectivity index (χ3v) is 6.17. The maximum Gasteiger partial charge on any atom is 0.254 e. The number of likely N-dealkylation sites (tertiary alicyclic amines) is 1. The van der Waals surface area contributed by atoms with Gasteiger partial charge in [0.15, 0.2) is 17.0 Å². The van der Waals surface area contributed by atoms with Crippen molar-refractivity contribution in [3.8, 4) is 11.5 Å². The molecule has 0 spiro atoms. The lowest BCUT2D eigenvalue weighted by molar-refractivity contribution is -0.138. The number of aliphatic hydroxyl groups is 1. The Morgan fingerprint density at radius 1 is 1.26 bits per heavy atom. The molecule has 0 aromatic heterocycles. The first-order valence-corrected chi connectivity index (χ1v) is 10.0. The number of carbonyl (C=O) groups excluding carboxylic acids is 2. The fourth-order valence-electron chi connectivity index (χ4n) is 4.90. The summed E-state index contributed by atoms with van der Waals surface area (Å²) in [5.41, 5.74) is -0.327. The molecular weight excluding hydrogens is 405 g/mol. The summed E-state index contributed by atoms with van der Waals surface area (Å²) in [7, 11) is 3.24. The summed E-state index contributed by atoms with van der Waals surface area (Å²) in [6, 6.07) is 8.44. The number of carbonyl (C=O) groups is 2. The Labute approximate surface area is 178 Å². The standard InChI is InChI=1S/C22H22FN3O5/c1-25(2)20(28)17-9-13(27)10-26(17)22(14-4-3-5-18-19(14)31-11-30-18)15-8-12(23)6-7-16(15)24-21(22)29/h3-8,13,17,27H,9-11H2,1-2H3,(H,24,29)/t13-,17+,22?/m1/s1. The van der Waals surface area contributed by atoms with Gasteiger partial charge in [-0.25, -0.2) is 4.39 Å². The second-order valence-electron chi connectivity index (χ2n) is 8.18. The Kier molecular flexibility index (Phi) is 4.42. The van der Waals surface area contributed by atoms with Crippen LogP contribution in [0.25, 0.3) is 0 Å². The Hall–Kier alpha value is -3.17. The summed E-state index contributed by atoms with van der Waals surface area (Å²) in [5, 5.41) is 13.4. The van der Waals surface area contributed by atoms with Crippen LogP contribution in [0, 0.1) is 5.82 Å². The normalized spacial score (nSPS) is 26.6. The second-order valence-corrected chi connectivity index (χ2v) is 8.18. The minimum atomic E-state index is -1.58. The fourth-order valence-corrected chi connectivity index (χ4v) is 4.90. The number of anilines is 1. The first-order valence-electron chi connectivity index (χ1n) is 10.0. The number of fused-ring (bicyclic) bond motifs is 2. The van der Waals surface area contributed by atoms with Crippen LogP contribution in [0.4, 0.5) is 10.1 Å². The van der Waals surface area contributed by atoms with Gasteiger partial charge >= 0.3 is 0 Å². The number of β-amino-alcohol motifs (C(OH)–C–C–N with tert-alkyl or cyclic N) is 1. The SMILES string of the molecule is CN(C)C(=O)[C@@H]1C[C@@H](O)CN1C1(c2cccc3c2OCO3)C(=O)Nc2ccc(F)cc21. The molecule has 2 aromatic carbocycles. The molecule has 1 unspecified atom stereocenters. The summed E-state index contributed by atoms with van der Waals surface area (Å²) in [5.74, 6) is -0.377. The van der Waals surface area contributed by atoms with E-state index < -0.39 is 29.4 Å². The van der Waals surface area contributed by atoms with Gasteiger partial charge in [0.25, 0.3) is 5.91 Å². The minimum absolute atomic E-state index is 0.0112. The lowest BCUT2D eigenvalue weighted by atomic mass is 9.80. The Morgan fingerprint density at radius 3 is 2.84 bits per heavy atom. The smallest absolute Gasteiger partial charge is 0.254 e. The molecule has 162 valence electrons. The first kappa shape index (κ1) is 19.8. The van der Waals surface area contributed by atoms with E-state index in [9.17, 15) is 19.1 Å². The highest BCUT2D eigenvalue weighted by molar-refractivity contribution is 6.09. The molecule has 2 aromatic rings. The topological polar surface area (TPSA) is 91.3 Å². The van der Waals surface area contributed by atoms with Crippen LogP contribution < -0.4 is 14.8 Å². The second kappa shape index (κ2) is 6.93. The number of aliphatic hydroxyl groups excluding tert-OH is 1. The molecule has 1 fully saturated rings. The number of hydrogen-bond acceptors (Lipinski definition) is 6. The monoisotopic (exact) mass is 427 g/mol. The van der Waals surface area contributed by atoms with Crippen molar-refractivity contribution in [1.29, 1.82) is 0 Å². The van der Waals surface area contributed by atoms with E-state index in [0.29, 0.717) is 28.3 Å². The van der Waals surface area contributed by atoms with Gasteiger partial charge in [0.1, 0.15) is 5.82 Å². The number of nitrogens with zero attached hydrogens (tertiary/aromatic N) is 2. The summed E-state index contributed by atoms with van der Waals surface area (Å²) in [6.07, 6.45) is -0.673. The molecule has 3 heterocycles. The molecule has 31 heavy (non-hydrogen) atoms. The maximum atomic E-state index is 14.4. The molecule has 0 saturated carbocycles. The van der Waals surface area contributed by atoms with Gasteiger partial charge in [0, 0.05) is 37.5 Å². The van der Waals surface area contributed by atoms with E-state index >= 15 is 0 Å². The van der Waals surface area contributed by atoms with Crippen molar-refractivity contribution in [2.24, 2.45) is 0 Å². The molecular formula is C22H22FN3O5. The number of hydrogen-bond donors (Lipinski definition) is 2. The van der Waals surface area contributed by atoms with Gasteiger partial charge in [-0.1, -0.05) is 12.1 Å². The van der Waals surface area contributed by atoms with Crippen molar-refractivity contribution >= 4 is 17.5 Å². The van der Waals surface area contributed by atoms with Crippen LogP contribution in [-0.2, 0) is 15.1 Å². The van der Waals surface area contributed by atoms with Crippen molar-refractivity contribution in [3.63, 3.8) is 0 Å². The molecule has 2 amide bonds. The van der Waals surface area contributed by atoms with Crippen molar-refractivity contribution in [2.75, 3.05) is 32.7 Å². The highest BCUT2D eigenvalue weighted by Crippen LogP contribution is 2.53. The molecule has 5 rings (SSSR count). The molecule has 3 aliphatic rings. The average Bonchev–Trinajstić information content (AvgIpc) is 3.43. The fraction of sp³-hybridized carbons (Fsp3) is 0.364. The van der Waals surface area contributed by atoms with Crippen LogP contribution in [-0.4, -0.2) is 66.3 Å². The number of rotatable bonds is 3. The summed E-state index contributed by atoms with van der Waals surface area (Å²) in [6.45, 7) is 0.0425. The first-order chi connectivity index (χ1) is 14.8. The molecule has 8 nitrogen and oxygen atoms in total. The van der Waals surface area contributed by atoms with E-state index in [1.54, 1.807) is 37.2 Å². The van der Waals surface area contributed by atoms with Crippen LogP contribution in [0.5, 0.6) is 11.5 Å². The van der Waals surface area contributed by atoms with Crippen LogP contribution in [0.3, 0.4) is 0 Å². The number of ether oxygens (including phenoxy) is 2. The zero-order valence-electron chi connectivity index (χ0n) is 17.1. The highest BCUT2D eigenvalue weighted by Gasteiger charge is 2.60. The van der Waals surface area contributed by atoms with Gasteiger partial charge in [0.2, 0.25) is 12.7 Å². The Balaban J connectivity index is 1.81. The zero-order chi connectivity index (χ0) is 21.9. The van der Waals surface area contributed by atoms with E-state index in [-0.39, 0.29) is 25.7 Å². The van der Waals surface area contributed by atoms with E-state index in [4.69, 9.17) is 9.47 Å². The average molecular weight is 427 g/mol. The minimum Gasteiger partial charge on any atom is -0.454 e. The van der Waals surface area contributed by atoms with Crippen molar-refractivity contribution in [2.45, 2.75) is 24.1 Å². The number of para-hydroxylation sites is 1. The molecule has 2 N–H and O–H groups in total. The summed E-state index contributed by atoms with van der Waals surface area (Å²) in [4.78, 5) is 29.9. The van der Waals surface area contributed by atoms with E-state index in [1.165, 1.54) is 23.1 Å². The molecule has 0 aliphatic carbocycles. The van der Waals surface area contributed by atoms with E-state index in [1.807, 2.05) is 0 Å². The van der Waals surface area contributed by atoms with Crippen LogP contribution in [0.15, 0.2) is 36.4 Å². The largest absolute Gasteiger partial charge is 0.454 e. The number of nitrogens with one attached hydrogen (secondary N) is 1. The van der Waals surface area contributed by atoms with Crippen molar-refractivity contribution < 1.29 is 28.6 Å². The quantitative estimate of drug-likeness (QED) is 0.767. The lowest BCUT2D eigenvalue weighted by Gasteiger charge is -2.41. The van der Waals surface area contributed by atoms with Crippen LogP contribution in [0.1, 0.15) is 17.5 Å². The number of benzene rings is 2. The van der Waals surface area contributed by atoms with Crippen LogP contribution >= 0.6 is 0 Å². The number of amides is 2. The molecule has 3 atom stereocenters. The van der Waals surface area contributed by atoms with Crippen molar-refractivity contribution in [3.05, 3.63) is 53.3 Å².